The number of hydrogen-bond donors (Lipinski definition) is 0. The predicted octanol–water partition coefficient (Wildman–Crippen LogP) is 1.80. The molecule has 0 radical (unpaired) electrons. The minimum atomic E-state index is -0.392. The second-order valence-electron chi connectivity index (χ2n) is 5.84. The molecule has 0 saturated carbocycles. The third-order valence-corrected chi connectivity index (χ3v) is 2.56. The first-order valence-corrected chi connectivity index (χ1v) is 5.90. The molecule has 94 valence electrons. The smallest absolute Gasteiger partial charge is 0.410 e. The first kappa shape index (κ1) is 13.3. The summed E-state index contributed by atoms with van der Waals surface area (Å²) in [5.41, 5.74) is -0.392. The zero-order chi connectivity index (χ0) is 12.3. The van der Waals surface area contributed by atoms with Crippen LogP contribution in [0.15, 0.2) is 0 Å². The van der Waals surface area contributed by atoms with Crippen LogP contribution in [0, 0.1) is 5.92 Å². The van der Waals surface area contributed by atoms with Gasteiger partial charge >= 0.3 is 6.09 Å². The minimum Gasteiger partial charge on any atom is -0.444 e. The van der Waals surface area contributed by atoms with Crippen molar-refractivity contribution in [2.45, 2.75) is 32.8 Å². The highest BCUT2D eigenvalue weighted by Crippen LogP contribution is 2.19. The third kappa shape index (κ3) is 4.39. The van der Waals surface area contributed by atoms with Gasteiger partial charge < -0.3 is 14.5 Å². The van der Waals surface area contributed by atoms with E-state index in [0.29, 0.717) is 5.92 Å². The molecule has 1 unspecified atom stereocenters. The molecule has 16 heavy (non-hydrogen) atoms. The Hall–Kier alpha value is -0.770. The van der Waals surface area contributed by atoms with E-state index >= 15 is 0 Å². The van der Waals surface area contributed by atoms with Crippen LogP contribution in [0.4, 0.5) is 4.79 Å². The molecule has 1 rings (SSSR count). The van der Waals surface area contributed by atoms with E-state index in [-0.39, 0.29) is 6.09 Å². The Kier molecular flexibility index (Phi) is 4.19. The Morgan fingerprint density at radius 2 is 2.06 bits per heavy atom. The zero-order valence-corrected chi connectivity index (χ0v) is 11.1. The summed E-state index contributed by atoms with van der Waals surface area (Å²) in [6.45, 7) is 8.40. The fourth-order valence-corrected chi connectivity index (χ4v) is 1.99. The predicted molar refractivity (Wildman–Crippen MR) is 64.5 cm³/mol. The van der Waals surface area contributed by atoms with E-state index < -0.39 is 5.60 Å². The summed E-state index contributed by atoms with van der Waals surface area (Å²) in [6.07, 6.45) is 0.908. The molecule has 0 aromatic heterocycles. The molecule has 1 saturated heterocycles. The second-order valence-corrected chi connectivity index (χ2v) is 5.84. The molecule has 1 aliphatic rings. The van der Waals surface area contributed by atoms with Crippen LogP contribution < -0.4 is 0 Å². The van der Waals surface area contributed by atoms with Crippen molar-refractivity contribution in [3.8, 4) is 0 Å². The highest BCUT2D eigenvalue weighted by molar-refractivity contribution is 5.68. The van der Waals surface area contributed by atoms with Gasteiger partial charge in [0.2, 0.25) is 0 Å². The SMILES string of the molecule is CN(C)CC1CCN(C(=O)OC(C)(C)C)C1. The maximum atomic E-state index is 11.8. The molecule has 4 heteroatoms. The molecule has 0 bridgehead atoms. The van der Waals surface area contributed by atoms with E-state index in [1.165, 1.54) is 0 Å². The number of amides is 1. The minimum absolute atomic E-state index is 0.172. The van der Waals surface area contributed by atoms with Crippen molar-refractivity contribution in [3.63, 3.8) is 0 Å². The van der Waals surface area contributed by atoms with Crippen molar-refractivity contribution < 1.29 is 9.53 Å². The Balaban J connectivity index is 2.38. The Morgan fingerprint density at radius 3 is 2.56 bits per heavy atom. The average Bonchev–Trinajstić information content (AvgIpc) is 2.48. The van der Waals surface area contributed by atoms with Crippen molar-refractivity contribution in [2.24, 2.45) is 5.92 Å². The molecule has 1 heterocycles. The van der Waals surface area contributed by atoms with Crippen molar-refractivity contribution >= 4 is 6.09 Å². The summed E-state index contributed by atoms with van der Waals surface area (Å²) in [4.78, 5) is 15.8. The van der Waals surface area contributed by atoms with Gasteiger partial charge in [-0.25, -0.2) is 4.79 Å². The molecular weight excluding hydrogens is 204 g/mol. The van der Waals surface area contributed by atoms with Crippen LogP contribution in [-0.4, -0.2) is 55.2 Å². The standard InChI is InChI=1S/C12H24N2O2/c1-12(2,3)16-11(15)14-7-6-10(9-14)8-13(4)5/h10H,6-9H2,1-5H3. The molecule has 1 atom stereocenters. The van der Waals surface area contributed by atoms with Gasteiger partial charge in [-0.05, 0) is 47.2 Å². The van der Waals surface area contributed by atoms with Gasteiger partial charge in [0.05, 0.1) is 0 Å². The van der Waals surface area contributed by atoms with Gasteiger partial charge in [-0.15, -0.1) is 0 Å². The van der Waals surface area contributed by atoms with E-state index in [9.17, 15) is 4.79 Å². The molecular formula is C12H24N2O2. The highest BCUT2D eigenvalue weighted by atomic mass is 16.6. The summed E-state index contributed by atoms with van der Waals surface area (Å²) < 4.78 is 5.35. The first-order chi connectivity index (χ1) is 7.28. The summed E-state index contributed by atoms with van der Waals surface area (Å²) >= 11 is 0. The summed E-state index contributed by atoms with van der Waals surface area (Å²) in [5.74, 6) is 0.586. The molecule has 1 amide bonds. The van der Waals surface area contributed by atoms with Crippen molar-refractivity contribution in [1.82, 2.24) is 9.80 Å². The third-order valence-electron chi connectivity index (χ3n) is 2.56. The molecule has 0 aliphatic carbocycles. The molecule has 1 fully saturated rings. The van der Waals surface area contributed by atoms with E-state index in [0.717, 1.165) is 26.1 Å². The summed E-state index contributed by atoms with van der Waals surface area (Å²) in [6, 6.07) is 0. The van der Waals surface area contributed by atoms with E-state index in [1.807, 2.05) is 25.7 Å². The normalized spacial score (nSPS) is 21.6. The van der Waals surface area contributed by atoms with Crippen LogP contribution in [0.3, 0.4) is 0 Å². The fraction of sp³-hybridized carbons (Fsp3) is 0.917. The monoisotopic (exact) mass is 228 g/mol. The van der Waals surface area contributed by atoms with Gasteiger partial charge in [-0.3, -0.25) is 0 Å². The largest absolute Gasteiger partial charge is 0.444 e. The molecule has 0 N–H and O–H groups in total. The zero-order valence-electron chi connectivity index (χ0n) is 11.1. The van der Waals surface area contributed by atoms with E-state index in [2.05, 4.69) is 19.0 Å². The van der Waals surface area contributed by atoms with Gasteiger partial charge in [0, 0.05) is 19.6 Å². The number of ether oxygens (including phenoxy) is 1. The van der Waals surface area contributed by atoms with Crippen LogP contribution in [0.25, 0.3) is 0 Å². The molecule has 4 nitrogen and oxygen atoms in total. The summed E-state index contributed by atoms with van der Waals surface area (Å²) in [7, 11) is 4.13. The van der Waals surface area contributed by atoms with Crippen LogP contribution >= 0.6 is 0 Å². The second kappa shape index (κ2) is 5.04. The fourth-order valence-electron chi connectivity index (χ4n) is 1.99. The number of carbonyl (C=O) groups excluding carboxylic acids is 1. The van der Waals surface area contributed by atoms with Crippen molar-refractivity contribution in [3.05, 3.63) is 0 Å². The number of hydrogen-bond acceptors (Lipinski definition) is 3. The van der Waals surface area contributed by atoms with Crippen LogP contribution in [0.2, 0.25) is 0 Å². The van der Waals surface area contributed by atoms with Crippen LogP contribution in [-0.2, 0) is 4.74 Å². The Bertz CT molecular complexity index is 246. The molecule has 0 aromatic carbocycles. The lowest BCUT2D eigenvalue weighted by Crippen LogP contribution is -2.36. The Labute approximate surface area is 98.5 Å². The lowest BCUT2D eigenvalue weighted by atomic mass is 10.1. The van der Waals surface area contributed by atoms with Gasteiger partial charge in [0.25, 0.3) is 0 Å². The van der Waals surface area contributed by atoms with E-state index in [1.54, 1.807) is 0 Å². The number of likely N-dealkylation sites (tertiary alicyclic amines) is 1. The van der Waals surface area contributed by atoms with Gasteiger partial charge in [-0.2, -0.15) is 0 Å². The maximum absolute atomic E-state index is 11.8. The van der Waals surface area contributed by atoms with Crippen LogP contribution in [0.1, 0.15) is 27.2 Å². The molecule has 1 aliphatic heterocycles. The van der Waals surface area contributed by atoms with Gasteiger partial charge in [0.1, 0.15) is 5.60 Å². The topological polar surface area (TPSA) is 32.8 Å². The van der Waals surface area contributed by atoms with Crippen molar-refractivity contribution in [1.29, 1.82) is 0 Å². The highest BCUT2D eigenvalue weighted by Gasteiger charge is 2.29. The number of nitrogens with zero attached hydrogens (tertiary/aromatic N) is 2. The number of carbonyl (C=O) groups is 1. The van der Waals surface area contributed by atoms with Crippen LogP contribution in [0.5, 0.6) is 0 Å². The lowest BCUT2D eigenvalue weighted by Gasteiger charge is -2.24. The van der Waals surface area contributed by atoms with Crippen molar-refractivity contribution in [2.75, 3.05) is 33.7 Å². The molecule has 0 spiro atoms. The Morgan fingerprint density at radius 1 is 1.44 bits per heavy atom. The molecule has 0 aromatic rings. The van der Waals surface area contributed by atoms with E-state index in [4.69, 9.17) is 4.74 Å². The summed E-state index contributed by atoms with van der Waals surface area (Å²) in [5, 5.41) is 0. The number of rotatable bonds is 2. The quantitative estimate of drug-likeness (QED) is 0.722. The first-order valence-electron chi connectivity index (χ1n) is 5.90. The maximum Gasteiger partial charge on any atom is 0.410 e. The van der Waals surface area contributed by atoms with Gasteiger partial charge in [-0.1, -0.05) is 0 Å². The average molecular weight is 228 g/mol. The lowest BCUT2D eigenvalue weighted by molar-refractivity contribution is 0.0286. The van der Waals surface area contributed by atoms with Gasteiger partial charge in [0.15, 0.2) is 0 Å².